The molecule has 25 N–H and O–H groups in total. The number of nitrogens with one attached hydrogen (secondary N) is 14. The van der Waals surface area contributed by atoms with Gasteiger partial charge in [-0.25, -0.2) is 0 Å². The molecule has 6 rings (SSSR count). The summed E-state index contributed by atoms with van der Waals surface area (Å²) in [5.74, 6) is -16.4. The van der Waals surface area contributed by atoms with E-state index in [1.807, 2.05) is 18.2 Å². The van der Waals surface area contributed by atoms with E-state index in [4.69, 9.17) is 38.1 Å². The lowest BCUT2D eigenvalue weighted by atomic mass is 9.91. The number of carbonyl (C=O) groups excluding carboxylic acids is 17. The van der Waals surface area contributed by atoms with Crippen molar-refractivity contribution in [2.75, 3.05) is 45.4 Å². The molecule has 12 atom stereocenters. The number of aromatic nitrogens is 1. The molecule has 0 saturated carbocycles. The molecule has 652 valence electrons. The molecule has 120 heavy (non-hydrogen) atoms. The number of hydrogen-bond donors (Lipinski definition) is 20. The SMILES string of the molecule is COc1ccc(CC[C@H](NC(=O)[C@@H]2CSCC[C@H](NC(C)=O)C(=O)N[C@@H](CCC(N)=O)C(=O)N[C@@H]([C@@H](C)O)C(=O)N[C@@H](Cc3c[nH]c4ccccc34)C(=O)N[C@@H](CCC(N)=O)C(=O)N2)C(=O)N[C@@H](Cc2ccc3ccccc3c2)C(=O)N[C@@](C)(CCCCN)C(=O)N[C@@H](CCCCNC(C)=O)C(=O)N[C@@H](CC(N)=O)C(=O)NCC(N)=O)cc1OC. The molecule has 0 spiro atoms. The van der Waals surface area contributed by atoms with Crippen molar-refractivity contribution in [1.29, 1.82) is 0 Å². The van der Waals surface area contributed by atoms with E-state index in [-0.39, 0.29) is 94.7 Å². The van der Waals surface area contributed by atoms with Crippen LogP contribution in [0.3, 0.4) is 0 Å². The highest BCUT2D eigenvalue weighted by Crippen LogP contribution is 2.29. The number of aliphatic hydroxyl groups excluding tert-OH is 1. The molecule has 17 amide bonds. The van der Waals surface area contributed by atoms with Gasteiger partial charge in [-0.1, -0.05) is 66.7 Å². The number of aromatic amines is 1. The van der Waals surface area contributed by atoms with Crippen LogP contribution in [0.1, 0.15) is 128 Å². The smallest absolute Gasteiger partial charge is 0.246 e. The zero-order valence-corrected chi connectivity index (χ0v) is 68.7. The zero-order valence-electron chi connectivity index (χ0n) is 67.9. The summed E-state index contributed by atoms with van der Waals surface area (Å²) >= 11 is 0.932. The number of hydrogen-bond acceptors (Lipinski definition) is 22. The van der Waals surface area contributed by atoms with Gasteiger partial charge < -0.3 is 117 Å². The molecule has 0 aliphatic carbocycles. The summed E-state index contributed by atoms with van der Waals surface area (Å²) in [5.41, 5.74) is 27.9. The monoisotopic (exact) mass is 1690 g/mol. The normalized spacial score (nSPS) is 18.6. The maximum Gasteiger partial charge on any atom is 0.246 e. The lowest BCUT2D eigenvalue weighted by molar-refractivity contribution is -0.138. The van der Waals surface area contributed by atoms with Crippen LogP contribution in [0.25, 0.3) is 21.7 Å². The summed E-state index contributed by atoms with van der Waals surface area (Å²) in [6.07, 6.45) is -3.63. The first-order chi connectivity index (χ1) is 57.0. The van der Waals surface area contributed by atoms with Crippen LogP contribution in [0.5, 0.6) is 11.5 Å². The van der Waals surface area contributed by atoms with Gasteiger partial charge in [-0.2, -0.15) is 11.8 Å². The number of methoxy groups -OCH3 is 2. The Kier molecular flexibility index (Phi) is 38.4. The quantitative estimate of drug-likeness (QED) is 0.0169. The average Bonchev–Trinajstić information content (AvgIpc) is 1.79. The first-order valence-corrected chi connectivity index (χ1v) is 40.4. The van der Waals surface area contributed by atoms with Crippen LogP contribution in [0, 0.1) is 0 Å². The highest BCUT2D eigenvalue weighted by Gasteiger charge is 2.42. The molecule has 40 heteroatoms. The average molecular weight is 1690 g/mol. The number of aliphatic hydroxyl groups is 1. The number of carbonyl (C=O) groups is 17. The second kappa shape index (κ2) is 47.8. The van der Waals surface area contributed by atoms with Crippen molar-refractivity contribution in [1.82, 2.24) is 74.1 Å². The van der Waals surface area contributed by atoms with Gasteiger partial charge in [-0.15, -0.1) is 0 Å². The lowest BCUT2D eigenvalue weighted by Gasteiger charge is -2.34. The van der Waals surface area contributed by atoms with Gasteiger partial charge in [0.25, 0.3) is 0 Å². The minimum absolute atomic E-state index is 0.0399. The maximum atomic E-state index is 15.8. The van der Waals surface area contributed by atoms with Crippen molar-refractivity contribution >= 4 is 134 Å². The van der Waals surface area contributed by atoms with Crippen molar-refractivity contribution in [2.45, 2.75) is 202 Å². The molecule has 4 aromatic carbocycles. The van der Waals surface area contributed by atoms with Gasteiger partial charge in [-0.3, -0.25) is 81.5 Å². The predicted octanol–water partition coefficient (Wildman–Crippen LogP) is -3.54. The van der Waals surface area contributed by atoms with Gasteiger partial charge in [-0.05, 0) is 142 Å². The predicted molar refractivity (Wildman–Crippen MR) is 441 cm³/mol. The molecule has 1 fully saturated rings. The van der Waals surface area contributed by atoms with Crippen LogP contribution in [0.4, 0.5) is 0 Å². The molecular weight excluding hydrogens is 1580 g/mol. The number of primary amides is 4. The molecule has 39 nitrogen and oxygen atoms in total. The van der Waals surface area contributed by atoms with Crippen LogP contribution in [-0.4, -0.2) is 228 Å². The fraction of sp³-hybridized carbons (Fsp3) is 0.487. The van der Waals surface area contributed by atoms with Crippen LogP contribution in [0.15, 0.2) is 91.1 Å². The van der Waals surface area contributed by atoms with E-state index < -0.39 is 211 Å². The first-order valence-electron chi connectivity index (χ1n) is 39.2. The number of thioether (sulfide) groups is 1. The van der Waals surface area contributed by atoms with Crippen LogP contribution in [-0.2, 0) is 101 Å². The van der Waals surface area contributed by atoms with Crippen molar-refractivity contribution < 1.29 is 96.1 Å². The molecule has 1 aliphatic heterocycles. The van der Waals surface area contributed by atoms with Gasteiger partial charge in [0.1, 0.15) is 66.0 Å². The third-order valence-electron chi connectivity index (χ3n) is 19.7. The van der Waals surface area contributed by atoms with Gasteiger partial charge in [0, 0.05) is 68.9 Å². The topological polar surface area (TPSA) is 631 Å². The number of rotatable bonds is 41. The summed E-state index contributed by atoms with van der Waals surface area (Å²) in [7, 11) is 2.81. The third-order valence-corrected chi connectivity index (χ3v) is 20.8. The number of nitrogens with two attached hydrogens (primary N) is 5. The largest absolute Gasteiger partial charge is 0.493 e. The molecule has 1 aliphatic rings. The second-order valence-corrected chi connectivity index (χ2v) is 30.5. The number of ether oxygens (including phenoxy) is 2. The van der Waals surface area contributed by atoms with E-state index in [0.29, 0.717) is 39.8 Å². The van der Waals surface area contributed by atoms with Crippen LogP contribution < -0.4 is 107 Å². The highest BCUT2D eigenvalue weighted by atomic mass is 32.2. The Labute approximate surface area is 696 Å². The second-order valence-electron chi connectivity index (χ2n) is 29.4. The Hall–Kier alpha value is -12.5. The lowest BCUT2D eigenvalue weighted by Crippen LogP contribution is -2.64. The van der Waals surface area contributed by atoms with Gasteiger partial charge >= 0.3 is 0 Å². The molecule has 0 radical (unpaired) electrons. The fourth-order valence-electron chi connectivity index (χ4n) is 13.2. The number of fused-ring (bicyclic) bond motifs is 2. The third kappa shape index (κ3) is 31.1. The molecular formula is C80H111N19O20S. The number of H-pyrrole nitrogens is 1. The summed E-state index contributed by atoms with van der Waals surface area (Å²) in [4.78, 5) is 240. The number of aryl methyl sites for hydroxylation is 1. The molecule has 0 unspecified atom stereocenters. The van der Waals surface area contributed by atoms with E-state index in [1.54, 1.807) is 72.9 Å². The van der Waals surface area contributed by atoms with E-state index >= 15 is 28.8 Å². The van der Waals surface area contributed by atoms with E-state index in [9.17, 15) is 57.8 Å². The van der Waals surface area contributed by atoms with Crippen molar-refractivity contribution in [3.8, 4) is 11.5 Å². The summed E-state index contributed by atoms with van der Waals surface area (Å²) in [6.45, 7) is 4.50. The fourth-order valence-corrected chi connectivity index (χ4v) is 14.2. The zero-order chi connectivity index (χ0) is 88.3. The highest BCUT2D eigenvalue weighted by molar-refractivity contribution is 7.99. The van der Waals surface area contributed by atoms with E-state index in [2.05, 4.69) is 74.1 Å². The minimum Gasteiger partial charge on any atom is -0.493 e. The van der Waals surface area contributed by atoms with Crippen LogP contribution in [0.2, 0.25) is 0 Å². The number of para-hydroxylation sites is 1. The van der Waals surface area contributed by atoms with Crippen molar-refractivity contribution in [3.05, 3.63) is 108 Å². The van der Waals surface area contributed by atoms with Gasteiger partial charge in [0.2, 0.25) is 100 Å². The van der Waals surface area contributed by atoms with Gasteiger partial charge in [0.05, 0.1) is 33.3 Å². The number of unbranched alkanes of at least 4 members (excludes halogenated alkanes) is 2. The van der Waals surface area contributed by atoms with Gasteiger partial charge in [0.15, 0.2) is 11.5 Å². The Bertz CT molecular complexity index is 4510. The first kappa shape index (κ1) is 96.4. The Morgan fingerprint density at radius 2 is 1.21 bits per heavy atom. The van der Waals surface area contributed by atoms with Crippen LogP contribution >= 0.6 is 11.8 Å². The number of amides is 17. The number of benzene rings is 4. The molecule has 5 aromatic rings. The molecule has 2 heterocycles. The summed E-state index contributed by atoms with van der Waals surface area (Å²) in [6, 6.07) is 7.46. The summed E-state index contributed by atoms with van der Waals surface area (Å²) < 4.78 is 11.1. The van der Waals surface area contributed by atoms with E-state index in [0.717, 1.165) is 36.4 Å². The molecule has 1 aromatic heterocycles. The van der Waals surface area contributed by atoms with E-state index in [1.165, 1.54) is 28.1 Å². The van der Waals surface area contributed by atoms with Crippen molar-refractivity contribution in [2.24, 2.45) is 28.7 Å². The Morgan fingerprint density at radius 3 is 1.84 bits per heavy atom. The molecule has 1 saturated heterocycles. The van der Waals surface area contributed by atoms with Crippen molar-refractivity contribution in [3.63, 3.8) is 0 Å². The maximum absolute atomic E-state index is 15.8. The molecule has 0 bridgehead atoms. The standard InChI is InChI=1S/C80H111N19O20S/c1-43(100)68-78(116)95-59(38-50-40-87-52-18-10-9-17-51(50)52)75(113)91-55(25-28-64(82)103)72(110)96-61(42-120-34-30-57(89-45(3)102)73(111)90-56(74(112)98-68)26-29-65(83)104)76(114)92-54(24-21-46-22-27-62(118-5)63(37-46)119-6)71(109)93-58(36-47-20-23-48-15-7-8-16-49(48)35-47)77(115)99-80(4,31-12-13-32-81)79(117)97-53(19-11-14-33-86-44(2)101)70(108)94-60(39-66(84)105)69(107)88-41-67(85)106/h7-10,15-18,20,22-23,27,35,37,40,43,53-61,68,87,100H,11-14,19,21,24-26,28-34,36,38-39,41-42,81H2,1-6H3,(H2,82,103)(H2,83,104)(H2,84,105)(H2,85,106)(H,86,101)(H,88,107)(H,89,102)(H,90,111)(H,91,113)(H,92,114)(H,93,109)(H,94,108)(H,95,116)(H,96,110)(H,97,117)(H,98,112)(H,99,115)/t43-,53+,54+,55+,56+,57+,58+,59+,60+,61+,68+,80+/m1/s1. The minimum atomic E-state index is -2.00. The Morgan fingerprint density at radius 1 is 0.592 bits per heavy atom. The summed E-state index contributed by atoms with van der Waals surface area (Å²) in [5, 5.41) is 46.8. The Balaban J connectivity index is 1.47.